The minimum absolute atomic E-state index is 0.187. The molecule has 0 spiro atoms. The van der Waals surface area contributed by atoms with E-state index in [1.807, 2.05) is 38.1 Å². The van der Waals surface area contributed by atoms with Crippen LogP contribution >= 0.6 is 11.6 Å². The number of carbonyl (C=O) groups excluding carboxylic acids is 1. The van der Waals surface area contributed by atoms with E-state index in [0.717, 1.165) is 16.8 Å². The molecule has 144 valence electrons. The van der Waals surface area contributed by atoms with Gasteiger partial charge < -0.3 is 14.8 Å². The minimum Gasteiger partial charge on any atom is -0.495 e. The van der Waals surface area contributed by atoms with E-state index in [0.29, 0.717) is 28.2 Å². The molecule has 28 heavy (non-hydrogen) atoms. The van der Waals surface area contributed by atoms with Crippen LogP contribution in [0.2, 0.25) is 5.02 Å². The topological polar surface area (TPSA) is 73.3 Å². The fourth-order valence-electron chi connectivity index (χ4n) is 2.53. The predicted octanol–water partition coefficient (Wildman–Crippen LogP) is 4.44. The number of amides is 1. The maximum Gasteiger partial charge on any atom is 0.262 e. The van der Waals surface area contributed by atoms with Crippen LogP contribution in [0.4, 0.5) is 5.69 Å². The van der Waals surface area contributed by atoms with Crippen LogP contribution in [-0.2, 0) is 4.79 Å². The Bertz CT molecular complexity index is 991. The highest BCUT2D eigenvalue weighted by Gasteiger charge is 2.10. The molecule has 0 radical (unpaired) electrons. The first-order valence-electron chi connectivity index (χ1n) is 8.63. The molecule has 3 aromatic rings. The van der Waals surface area contributed by atoms with Crippen molar-refractivity contribution in [1.82, 2.24) is 9.97 Å². The van der Waals surface area contributed by atoms with Gasteiger partial charge in [0.25, 0.3) is 5.91 Å². The van der Waals surface area contributed by atoms with Crippen molar-refractivity contribution in [1.29, 1.82) is 0 Å². The van der Waals surface area contributed by atoms with Crippen LogP contribution in [0.25, 0.3) is 11.4 Å². The molecule has 0 bridgehead atoms. The highest BCUT2D eigenvalue weighted by molar-refractivity contribution is 6.32. The molecule has 3 rings (SSSR count). The Morgan fingerprint density at radius 3 is 2.50 bits per heavy atom. The average molecular weight is 398 g/mol. The molecule has 2 aromatic carbocycles. The number of rotatable bonds is 6. The first kappa shape index (κ1) is 19.6. The molecule has 0 saturated heterocycles. The molecular formula is C21H20ClN3O3. The van der Waals surface area contributed by atoms with Gasteiger partial charge in [0, 0.05) is 23.0 Å². The van der Waals surface area contributed by atoms with Crippen molar-refractivity contribution in [3.8, 4) is 23.0 Å². The first-order valence-corrected chi connectivity index (χ1v) is 9.01. The van der Waals surface area contributed by atoms with Crippen LogP contribution < -0.4 is 14.8 Å². The molecule has 1 amide bonds. The molecule has 1 N–H and O–H groups in total. The number of benzene rings is 2. The van der Waals surface area contributed by atoms with Crippen molar-refractivity contribution < 1.29 is 14.3 Å². The fraction of sp³-hybridized carbons (Fsp3) is 0.190. The van der Waals surface area contributed by atoms with Gasteiger partial charge in [-0.3, -0.25) is 4.79 Å². The molecule has 0 atom stereocenters. The lowest BCUT2D eigenvalue weighted by Gasteiger charge is -2.10. The molecule has 7 heteroatoms. The number of aromatic nitrogens is 2. The van der Waals surface area contributed by atoms with Gasteiger partial charge in [-0.2, -0.15) is 4.98 Å². The second kappa shape index (κ2) is 8.71. The summed E-state index contributed by atoms with van der Waals surface area (Å²) < 4.78 is 10.7. The van der Waals surface area contributed by atoms with E-state index in [1.165, 1.54) is 7.11 Å². The SMILES string of the molecule is COc1ccc(NC(=O)COc2cc(C)nc(-c3ccc(C)cc3)n2)cc1Cl. The monoisotopic (exact) mass is 397 g/mol. The molecule has 1 aromatic heterocycles. The number of nitrogens with zero attached hydrogens (tertiary/aromatic N) is 2. The molecule has 0 fully saturated rings. The van der Waals surface area contributed by atoms with Crippen molar-refractivity contribution in [3.63, 3.8) is 0 Å². The quantitative estimate of drug-likeness (QED) is 0.665. The van der Waals surface area contributed by atoms with Crippen LogP contribution in [0.15, 0.2) is 48.5 Å². The van der Waals surface area contributed by atoms with Gasteiger partial charge in [-0.05, 0) is 32.0 Å². The van der Waals surface area contributed by atoms with Crippen molar-refractivity contribution in [2.45, 2.75) is 13.8 Å². The van der Waals surface area contributed by atoms with Crippen LogP contribution in [0.5, 0.6) is 11.6 Å². The smallest absolute Gasteiger partial charge is 0.262 e. The lowest BCUT2D eigenvalue weighted by molar-refractivity contribution is -0.118. The maximum atomic E-state index is 12.2. The van der Waals surface area contributed by atoms with E-state index in [2.05, 4.69) is 15.3 Å². The summed E-state index contributed by atoms with van der Waals surface area (Å²) in [5.74, 6) is 1.11. The van der Waals surface area contributed by atoms with Crippen molar-refractivity contribution in [2.24, 2.45) is 0 Å². The van der Waals surface area contributed by atoms with Gasteiger partial charge in [0.05, 0.1) is 12.1 Å². The zero-order valence-electron chi connectivity index (χ0n) is 15.8. The average Bonchev–Trinajstić information content (AvgIpc) is 2.67. The molecule has 0 aliphatic heterocycles. The number of carbonyl (C=O) groups is 1. The second-order valence-electron chi connectivity index (χ2n) is 6.22. The van der Waals surface area contributed by atoms with E-state index in [1.54, 1.807) is 24.3 Å². The van der Waals surface area contributed by atoms with E-state index in [-0.39, 0.29) is 12.5 Å². The molecule has 1 heterocycles. The van der Waals surface area contributed by atoms with Crippen molar-refractivity contribution in [3.05, 3.63) is 64.8 Å². The standard InChI is InChI=1S/C21H20ClN3O3/c1-13-4-6-15(7-5-13)21-23-14(2)10-20(25-21)28-12-19(26)24-16-8-9-18(27-3)17(22)11-16/h4-11H,12H2,1-3H3,(H,24,26). The fourth-order valence-corrected chi connectivity index (χ4v) is 2.78. The number of methoxy groups -OCH3 is 1. The van der Waals surface area contributed by atoms with Gasteiger partial charge in [-0.1, -0.05) is 41.4 Å². The molecule has 0 aliphatic carbocycles. The number of hydrogen-bond donors (Lipinski definition) is 1. The summed E-state index contributed by atoms with van der Waals surface area (Å²) in [7, 11) is 1.53. The summed E-state index contributed by atoms with van der Waals surface area (Å²) in [5.41, 5.74) is 3.35. The van der Waals surface area contributed by atoms with Gasteiger partial charge in [-0.25, -0.2) is 4.98 Å². The van der Waals surface area contributed by atoms with Gasteiger partial charge >= 0.3 is 0 Å². The minimum atomic E-state index is -0.325. The highest BCUT2D eigenvalue weighted by Crippen LogP contribution is 2.27. The van der Waals surface area contributed by atoms with Crippen LogP contribution in [0.1, 0.15) is 11.3 Å². The van der Waals surface area contributed by atoms with Gasteiger partial charge in [0.15, 0.2) is 12.4 Å². The van der Waals surface area contributed by atoms with Crippen LogP contribution in [-0.4, -0.2) is 29.6 Å². The Balaban J connectivity index is 1.66. The second-order valence-corrected chi connectivity index (χ2v) is 6.63. The number of halogens is 1. The van der Waals surface area contributed by atoms with Gasteiger partial charge in [0.1, 0.15) is 5.75 Å². The molecule has 0 unspecified atom stereocenters. The van der Waals surface area contributed by atoms with E-state index < -0.39 is 0 Å². The Morgan fingerprint density at radius 2 is 1.82 bits per heavy atom. The Labute approximate surface area is 168 Å². The predicted molar refractivity (Wildman–Crippen MR) is 109 cm³/mol. The van der Waals surface area contributed by atoms with Crippen molar-refractivity contribution >= 4 is 23.2 Å². The third-order valence-corrected chi connectivity index (χ3v) is 4.22. The molecule has 6 nitrogen and oxygen atoms in total. The van der Waals surface area contributed by atoms with E-state index in [4.69, 9.17) is 21.1 Å². The van der Waals surface area contributed by atoms with E-state index in [9.17, 15) is 4.79 Å². The van der Waals surface area contributed by atoms with E-state index >= 15 is 0 Å². The maximum absolute atomic E-state index is 12.2. The normalized spacial score (nSPS) is 10.4. The number of ether oxygens (including phenoxy) is 2. The summed E-state index contributed by atoms with van der Waals surface area (Å²) in [4.78, 5) is 21.0. The lowest BCUT2D eigenvalue weighted by Crippen LogP contribution is -2.20. The number of nitrogens with one attached hydrogen (secondary N) is 1. The molecule has 0 saturated carbocycles. The van der Waals surface area contributed by atoms with Crippen molar-refractivity contribution in [2.75, 3.05) is 19.0 Å². The lowest BCUT2D eigenvalue weighted by atomic mass is 10.1. The van der Waals surface area contributed by atoms with Gasteiger partial charge in [-0.15, -0.1) is 0 Å². The first-order chi connectivity index (χ1) is 13.4. The Morgan fingerprint density at radius 1 is 1.07 bits per heavy atom. The summed E-state index contributed by atoms with van der Waals surface area (Å²) >= 11 is 6.06. The number of aryl methyl sites for hydroxylation is 2. The summed E-state index contributed by atoms with van der Waals surface area (Å²) in [6, 6.07) is 14.6. The number of anilines is 1. The Hall–Kier alpha value is -3.12. The largest absolute Gasteiger partial charge is 0.495 e. The summed E-state index contributed by atoms with van der Waals surface area (Å²) in [5, 5.41) is 3.14. The van der Waals surface area contributed by atoms with Crippen LogP contribution in [0.3, 0.4) is 0 Å². The summed E-state index contributed by atoms with van der Waals surface area (Å²) in [6.07, 6.45) is 0. The summed E-state index contributed by atoms with van der Waals surface area (Å²) in [6.45, 7) is 3.68. The van der Waals surface area contributed by atoms with Crippen LogP contribution in [0, 0.1) is 13.8 Å². The zero-order valence-corrected chi connectivity index (χ0v) is 16.6. The Kier molecular flexibility index (Phi) is 6.11. The number of hydrogen-bond acceptors (Lipinski definition) is 5. The van der Waals surface area contributed by atoms with Gasteiger partial charge in [0.2, 0.25) is 5.88 Å². The molecule has 0 aliphatic rings. The highest BCUT2D eigenvalue weighted by atomic mass is 35.5. The zero-order chi connectivity index (χ0) is 20.1. The third-order valence-electron chi connectivity index (χ3n) is 3.93. The third kappa shape index (κ3) is 4.98. The molecular weight excluding hydrogens is 378 g/mol.